The van der Waals surface area contributed by atoms with Crippen LogP contribution in [0.15, 0.2) is 42.5 Å². The highest BCUT2D eigenvalue weighted by Crippen LogP contribution is 2.27. The molecule has 0 spiro atoms. The Kier molecular flexibility index (Phi) is 8.71. The monoisotopic (exact) mass is 468 g/mol. The third-order valence-electron chi connectivity index (χ3n) is 4.40. The summed E-state index contributed by atoms with van der Waals surface area (Å²) in [5, 5.41) is 3.65. The van der Waals surface area contributed by atoms with E-state index in [2.05, 4.69) is 5.32 Å². The van der Waals surface area contributed by atoms with E-state index in [9.17, 15) is 14.0 Å². The predicted molar refractivity (Wildman–Crippen MR) is 121 cm³/mol. The molecule has 0 aromatic heterocycles. The molecule has 0 heterocycles. The van der Waals surface area contributed by atoms with Crippen LogP contribution in [0.25, 0.3) is 0 Å². The van der Waals surface area contributed by atoms with Gasteiger partial charge in [0.25, 0.3) is 5.91 Å². The van der Waals surface area contributed by atoms with E-state index in [0.29, 0.717) is 22.8 Å². The van der Waals surface area contributed by atoms with E-state index < -0.39 is 17.5 Å². The number of nitrogens with zero attached hydrogens (tertiary/aromatic N) is 1. The normalized spacial score (nSPS) is 12.2. The van der Waals surface area contributed by atoms with Crippen LogP contribution in [0.3, 0.4) is 0 Å². The molecule has 1 atom stereocenters. The first-order chi connectivity index (χ1) is 14.5. The van der Waals surface area contributed by atoms with Crippen LogP contribution in [0.2, 0.25) is 10.0 Å². The van der Waals surface area contributed by atoms with Crippen molar-refractivity contribution in [3.05, 3.63) is 63.9 Å². The largest absolute Gasteiger partial charge is 0.482 e. The standard InChI is InChI=1S/C23H27Cl2FN2O3/c1-5-19(22(30)27-23(2,3)4)28(13-15-6-9-17(26)10-7-15)21(29)14-31-20-11-8-16(24)12-18(20)25/h6-12,19H,5,13-14H2,1-4H3,(H,27,30)/t19-/m1/s1. The van der Waals surface area contributed by atoms with E-state index in [1.807, 2.05) is 27.7 Å². The van der Waals surface area contributed by atoms with Crippen molar-refractivity contribution < 1.29 is 18.7 Å². The second kappa shape index (κ2) is 10.8. The Labute approximate surface area is 192 Å². The van der Waals surface area contributed by atoms with Crippen LogP contribution in [0, 0.1) is 5.82 Å². The zero-order valence-electron chi connectivity index (χ0n) is 18.0. The average molecular weight is 469 g/mol. The van der Waals surface area contributed by atoms with Crippen LogP contribution in [-0.4, -0.2) is 34.9 Å². The van der Waals surface area contributed by atoms with Gasteiger partial charge in [-0.15, -0.1) is 0 Å². The van der Waals surface area contributed by atoms with Crippen molar-refractivity contribution in [1.82, 2.24) is 10.2 Å². The summed E-state index contributed by atoms with van der Waals surface area (Å²) in [6.07, 6.45) is 0.399. The zero-order valence-corrected chi connectivity index (χ0v) is 19.6. The minimum Gasteiger partial charge on any atom is -0.482 e. The van der Waals surface area contributed by atoms with Gasteiger partial charge in [0.1, 0.15) is 17.6 Å². The molecule has 168 valence electrons. The molecular weight excluding hydrogens is 442 g/mol. The molecule has 8 heteroatoms. The molecule has 0 aliphatic heterocycles. The summed E-state index contributed by atoms with van der Waals surface area (Å²) in [5.74, 6) is -0.727. The number of amides is 2. The number of nitrogens with one attached hydrogen (secondary N) is 1. The molecule has 2 aromatic carbocycles. The predicted octanol–water partition coefficient (Wildman–Crippen LogP) is 5.23. The summed E-state index contributed by atoms with van der Waals surface area (Å²) < 4.78 is 18.9. The number of benzene rings is 2. The van der Waals surface area contributed by atoms with Gasteiger partial charge in [0.2, 0.25) is 5.91 Å². The molecule has 0 aliphatic carbocycles. The van der Waals surface area contributed by atoms with Gasteiger partial charge in [-0.05, 0) is 63.1 Å². The fourth-order valence-corrected chi connectivity index (χ4v) is 3.44. The molecule has 0 aliphatic rings. The summed E-state index contributed by atoms with van der Waals surface area (Å²) in [6, 6.07) is 9.78. The average Bonchev–Trinajstić information content (AvgIpc) is 2.67. The molecule has 1 N–H and O–H groups in total. The molecule has 31 heavy (non-hydrogen) atoms. The Balaban J connectivity index is 2.24. The van der Waals surface area contributed by atoms with Gasteiger partial charge in [-0.25, -0.2) is 4.39 Å². The Bertz CT molecular complexity index is 914. The van der Waals surface area contributed by atoms with Crippen molar-refractivity contribution in [1.29, 1.82) is 0 Å². The first-order valence-electron chi connectivity index (χ1n) is 9.94. The van der Waals surface area contributed by atoms with Crippen molar-refractivity contribution >= 4 is 35.0 Å². The molecular formula is C23H27Cl2FN2O3. The molecule has 2 amide bonds. The van der Waals surface area contributed by atoms with E-state index >= 15 is 0 Å². The molecule has 0 saturated carbocycles. The van der Waals surface area contributed by atoms with Crippen LogP contribution in [0.5, 0.6) is 5.75 Å². The topological polar surface area (TPSA) is 58.6 Å². The lowest BCUT2D eigenvalue weighted by molar-refractivity contribution is -0.143. The lowest BCUT2D eigenvalue weighted by Crippen LogP contribution is -2.54. The Morgan fingerprint density at radius 1 is 1.13 bits per heavy atom. The minimum absolute atomic E-state index is 0.132. The minimum atomic E-state index is -0.721. The number of hydrogen-bond acceptors (Lipinski definition) is 3. The van der Waals surface area contributed by atoms with E-state index in [0.717, 1.165) is 0 Å². The van der Waals surface area contributed by atoms with E-state index in [4.69, 9.17) is 27.9 Å². The lowest BCUT2D eigenvalue weighted by atomic mass is 10.1. The van der Waals surface area contributed by atoms with Gasteiger partial charge in [-0.2, -0.15) is 0 Å². The fraction of sp³-hybridized carbons (Fsp3) is 0.391. The molecule has 0 radical (unpaired) electrons. The van der Waals surface area contributed by atoms with Crippen LogP contribution < -0.4 is 10.1 Å². The Morgan fingerprint density at radius 2 is 1.77 bits per heavy atom. The third-order valence-corrected chi connectivity index (χ3v) is 4.93. The number of ether oxygens (including phenoxy) is 1. The highest BCUT2D eigenvalue weighted by molar-refractivity contribution is 6.35. The van der Waals surface area contributed by atoms with Crippen molar-refractivity contribution in [2.75, 3.05) is 6.61 Å². The van der Waals surface area contributed by atoms with Crippen LogP contribution in [0.1, 0.15) is 39.7 Å². The van der Waals surface area contributed by atoms with Crippen molar-refractivity contribution in [2.45, 2.75) is 52.2 Å². The molecule has 2 aromatic rings. The Hall–Kier alpha value is -2.31. The second-order valence-corrected chi connectivity index (χ2v) is 9.02. The quantitative estimate of drug-likeness (QED) is 0.576. The van der Waals surface area contributed by atoms with Crippen molar-refractivity contribution in [3.8, 4) is 5.75 Å². The molecule has 2 rings (SSSR count). The van der Waals surface area contributed by atoms with Gasteiger partial charge in [-0.3, -0.25) is 9.59 Å². The maximum Gasteiger partial charge on any atom is 0.261 e. The molecule has 0 bridgehead atoms. The zero-order chi connectivity index (χ0) is 23.2. The lowest BCUT2D eigenvalue weighted by Gasteiger charge is -2.33. The van der Waals surface area contributed by atoms with Crippen LogP contribution >= 0.6 is 23.2 Å². The van der Waals surface area contributed by atoms with E-state index in [1.54, 1.807) is 24.3 Å². The smallest absolute Gasteiger partial charge is 0.261 e. The number of carbonyl (C=O) groups excluding carboxylic acids is 2. The highest BCUT2D eigenvalue weighted by Gasteiger charge is 2.31. The molecule has 5 nitrogen and oxygen atoms in total. The third kappa shape index (κ3) is 7.71. The van der Waals surface area contributed by atoms with Gasteiger partial charge in [0.15, 0.2) is 6.61 Å². The van der Waals surface area contributed by atoms with E-state index in [-0.39, 0.29) is 29.9 Å². The second-order valence-electron chi connectivity index (χ2n) is 8.17. The SMILES string of the molecule is CC[C@H](C(=O)NC(C)(C)C)N(Cc1ccc(F)cc1)C(=O)COc1ccc(Cl)cc1Cl. The van der Waals surface area contributed by atoms with Gasteiger partial charge in [0.05, 0.1) is 5.02 Å². The highest BCUT2D eigenvalue weighted by atomic mass is 35.5. The molecule has 0 saturated heterocycles. The number of rotatable bonds is 8. The first kappa shape index (κ1) is 25.0. The molecule has 0 fully saturated rings. The number of carbonyl (C=O) groups is 2. The number of hydrogen-bond donors (Lipinski definition) is 1. The maximum atomic E-state index is 13.3. The number of halogens is 3. The summed E-state index contributed by atoms with van der Waals surface area (Å²) in [5.41, 5.74) is 0.240. The summed E-state index contributed by atoms with van der Waals surface area (Å²) >= 11 is 12.0. The summed E-state index contributed by atoms with van der Waals surface area (Å²) in [6.45, 7) is 7.25. The van der Waals surface area contributed by atoms with Gasteiger partial charge in [-0.1, -0.05) is 42.3 Å². The van der Waals surface area contributed by atoms with Gasteiger partial charge >= 0.3 is 0 Å². The van der Waals surface area contributed by atoms with Gasteiger partial charge in [0, 0.05) is 17.1 Å². The summed E-state index contributed by atoms with van der Waals surface area (Å²) in [7, 11) is 0. The first-order valence-corrected chi connectivity index (χ1v) is 10.7. The van der Waals surface area contributed by atoms with Crippen LogP contribution in [-0.2, 0) is 16.1 Å². The van der Waals surface area contributed by atoms with Gasteiger partial charge < -0.3 is 15.0 Å². The summed E-state index contributed by atoms with van der Waals surface area (Å²) in [4.78, 5) is 27.5. The fourth-order valence-electron chi connectivity index (χ4n) is 2.97. The maximum absolute atomic E-state index is 13.3. The Morgan fingerprint density at radius 3 is 2.32 bits per heavy atom. The van der Waals surface area contributed by atoms with Crippen LogP contribution in [0.4, 0.5) is 4.39 Å². The van der Waals surface area contributed by atoms with Crippen molar-refractivity contribution in [3.63, 3.8) is 0 Å². The van der Waals surface area contributed by atoms with E-state index in [1.165, 1.54) is 23.1 Å². The molecule has 0 unspecified atom stereocenters. The van der Waals surface area contributed by atoms with Crippen molar-refractivity contribution in [2.24, 2.45) is 0 Å².